The summed E-state index contributed by atoms with van der Waals surface area (Å²) in [5.74, 6) is -1.31. The van der Waals surface area contributed by atoms with E-state index in [2.05, 4.69) is 12.2 Å². The summed E-state index contributed by atoms with van der Waals surface area (Å²) in [6.07, 6.45) is 5.82. The van der Waals surface area contributed by atoms with Crippen molar-refractivity contribution in [3.63, 3.8) is 0 Å². The van der Waals surface area contributed by atoms with Crippen LogP contribution in [0.1, 0.15) is 51.9 Å². The smallest absolute Gasteiger partial charge is 0.306 e. The lowest BCUT2D eigenvalue weighted by Gasteiger charge is -2.27. The first-order chi connectivity index (χ1) is 9.58. The Bertz CT molecular complexity index is 319. The van der Waals surface area contributed by atoms with Gasteiger partial charge < -0.3 is 15.2 Å². The number of hydrogen-bond donors (Lipinski definition) is 2. The zero-order valence-corrected chi connectivity index (χ0v) is 12.6. The van der Waals surface area contributed by atoms with Gasteiger partial charge in [0.05, 0.1) is 18.6 Å². The third-order valence-corrected chi connectivity index (χ3v) is 4.01. The van der Waals surface area contributed by atoms with Gasteiger partial charge >= 0.3 is 5.97 Å². The lowest BCUT2D eigenvalue weighted by atomic mass is 9.81. The number of carboxylic acid groups (broad SMARTS) is 1. The lowest BCUT2D eigenvalue weighted by molar-refractivity contribution is -0.144. The first-order valence-corrected chi connectivity index (χ1v) is 7.60. The quantitative estimate of drug-likeness (QED) is 0.717. The Morgan fingerprint density at radius 1 is 1.35 bits per heavy atom. The highest BCUT2D eigenvalue weighted by molar-refractivity contribution is 5.80. The average Bonchev–Trinajstić information content (AvgIpc) is 2.45. The van der Waals surface area contributed by atoms with E-state index in [4.69, 9.17) is 9.84 Å². The van der Waals surface area contributed by atoms with Gasteiger partial charge in [-0.05, 0) is 25.7 Å². The van der Waals surface area contributed by atoms with Crippen LogP contribution in [0.25, 0.3) is 0 Å². The Balaban J connectivity index is 2.48. The second-order valence-electron chi connectivity index (χ2n) is 5.70. The van der Waals surface area contributed by atoms with Gasteiger partial charge in [0, 0.05) is 13.0 Å². The van der Waals surface area contributed by atoms with E-state index in [1.165, 1.54) is 0 Å². The molecule has 1 amide bonds. The number of carbonyl (C=O) groups is 2. The number of nitrogens with one attached hydrogen (secondary N) is 1. The van der Waals surface area contributed by atoms with Crippen LogP contribution in [0.3, 0.4) is 0 Å². The van der Waals surface area contributed by atoms with Crippen molar-refractivity contribution in [2.45, 2.75) is 57.9 Å². The Kier molecular flexibility index (Phi) is 7.59. The van der Waals surface area contributed by atoms with Crippen LogP contribution in [0.5, 0.6) is 0 Å². The van der Waals surface area contributed by atoms with E-state index < -0.39 is 5.97 Å². The van der Waals surface area contributed by atoms with Crippen molar-refractivity contribution in [3.8, 4) is 0 Å². The van der Waals surface area contributed by atoms with E-state index in [9.17, 15) is 9.59 Å². The topological polar surface area (TPSA) is 75.6 Å². The Hall–Kier alpha value is -1.10. The molecule has 0 radical (unpaired) electrons. The summed E-state index contributed by atoms with van der Waals surface area (Å²) >= 11 is 0. The maximum Gasteiger partial charge on any atom is 0.306 e. The first kappa shape index (κ1) is 17.0. The van der Waals surface area contributed by atoms with Crippen molar-refractivity contribution in [2.75, 3.05) is 13.7 Å². The second kappa shape index (κ2) is 8.95. The number of carbonyl (C=O) groups excluding carboxylic acids is 1. The second-order valence-corrected chi connectivity index (χ2v) is 5.70. The molecular formula is C15H27NO4. The van der Waals surface area contributed by atoms with Crippen molar-refractivity contribution in [2.24, 2.45) is 11.8 Å². The van der Waals surface area contributed by atoms with Crippen LogP contribution in [-0.2, 0) is 14.3 Å². The average molecular weight is 285 g/mol. The number of unbranched alkanes of at least 4 members (excludes halogenated alkanes) is 1. The standard InChI is InChI=1S/C15H27NO4/c1-3-4-8-13(10-20-2)16-14(17)11-6-5-7-12(9-11)15(18)19/h11-13H,3-10H2,1-2H3,(H,16,17)(H,18,19). The van der Waals surface area contributed by atoms with Gasteiger partial charge in [0.15, 0.2) is 0 Å². The highest BCUT2D eigenvalue weighted by Gasteiger charge is 2.31. The SMILES string of the molecule is CCCCC(COC)NC(=O)C1CCCC(C(=O)O)C1. The summed E-state index contributed by atoms with van der Waals surface area (Å²) in [5, 5.41) is 12.1. The number of amides is 1. The van der Waals surface area contributed by atoms with E-state index in [1.54, 1.807) is 7.11 Å². The maximum absolute atomic E-state index is 12.3. The maximum atomic E-state index is 12.3. The van der Waals surface area contributed by atoms with Crippen LogP contribution in [0.15, 0.2) is 0 Å². The zero-order chi connectivity index (χ0) is 15.0. The minimum atomic E-state index is -0.776. The van der Waals surface area contributed by atoms with E-state index in [0.717, 1.165) is 32.1 Å². The Morgan fingerprint density at radius 2 is 2.05 bits per heavy atom. The molecule has 3 unspecified atom stereocenters. The molecule has 1 saturated carbocycles. The molecule has 0 aromatic heterocycles. The molecule has 5 heteroatoms. The lowest BCUT2D eigenvalue weighted by Crippen LogP contribution is -2.43. The van der Waals surface area contributed by atoms with Crippen LogP contribution in [0.4, 0.5) is 0 Å². The van der Waals surface area contributed by atoms with E-state index in [0.29, 0.717) is 19.4 Å². The molecule has 0 aliphatic heterocycles. The number of carboxylic acids is 1. The minimum Gasteiger partial charge on any atom is -0.481 e. The molecule has 1 rings (SSSR count). The van der Waals surface area contributed by atoms with Gasteiger partial charge in [-0.2, -0.15) is 0 Å². The van der Waals surface area contributed by atoms with E-state index >= 15 is 0 Å². The summed E-state index contributed by atoms with van der Waals surface area (Å²) in [7, 11) is 1.63. The monoisotopic (exact) mass is 285 g/mol. The normalized spacial score (nSPS) is 24.1. The molecule has 1 fully saturated rings. The molecule has 0 heterocycles. The van der Waals surface area contributed by atoms with Crippen LogP contribution in [0, 0.1) is 11.8 Å². The van der Waals surface area contributed by atoms with Crippen LogP contribution in [0.2, 0.25) is 0 Å². The van der Waals surface area contributed by atoms with Crippen LogP contribution < -0.4 is 5.32 Å². The van der Waals surface area contributed by atoms with Crippen molar-refractivity contribution in [3.05, 3.63) is 0 Å². The van der Waals surface area contributed by atoms with Crippen molar-refractivity contribution >= 4 is 11.9 Å². The van der Waals surface area contributed by atoms with Crippen LogP contribution in [-0.4, -0.2) is 36.7 Å². The molecule has 5 nitrogen and oxygen atoms in total. The van der Waals surface area contributed by atoms with Gasteiger partial charge in [-0.3, -0.25) is 9.59 Å². The predicted molar refractivity (Wildman–Crippen MR) is 76.4 cm³/mol. The zero-order valence-electron chi connectivity index (χ0n) is 12.6. The molecule has 0 saturated heterocycles. The summed E-state index contributed by atoms with van der Waals surface area (Å²) in [6.45, 7) is 2.63. The van der Waals surface area contributed by atoms with E-state index in [1.807, 2.05) is 0 Å². The summed E-state index contributed by atoms with van der Waals surface area (Å²) in [6, 6.07) is 0.0395. The molecular weight excluding hydrogens is 258 g/mol. The Morgan fingerprint density at radius 3 is 2.65 bits per heavy atom. The fourth-order valence-electron chi connectivity index (χ4n) is 2.82. The van der Waals surface area contributed by atoms with Gasteiger partial charge in [-0.25, -0.2) is 0 Å². The molecule has 0 spiro atoms. The summed E-state index contributed by atoms with van der Waals surface area (Å²) < 4.78 is 5.14. The number of methoxy groups -OCH3 is 1. The molecule has 3 atom stereocenters. The van der Waals surface area contributed by atoms with Gasteiger partial charge in [0.1, 0.15) is 0 Å². The summed E-state index contributed by atoms with van der Waals surface area (Å²) in [5.41, 5.74) is 0. The minimum absolute atomic E-state index is 0.00546. The number of aliphatic carboxylic acids is 1. The van der Waals surface area contributed by atoms with Gasteiger partial charge in [0.2, 0.25) is 5.91 Å². The van der Waals surface area contributed by atoms with Gasteiger partial charge in [-0.1, -0.05) is 26.2 Å². The fraction of sp³-hybridized carbons (Fsp3) is 0.867. The number of ether oxygens (including phenoxy) is 1. The molecule has 1 aliphatic carbocycles. The highest BCUT2D eigenvalue weighted by Crippen LogP contribution is 2.29. The molecule has 0 aromatic carbocycles. The fourth-order valence-corrected chi connectivity index (χ4v) is 2.82. The molecule has 0 bridgehead atoms. The van der Waals surface area contributed by atoms with Gasteiger partial charge in [-0.15, -0.1) is 0 Å². The largest absolute Gasteiger partial charge is 0.481 e. The predicted octanol–water partition coefficient (Wildman–Crippen LogP) is 2.20. The molecule has 20 heavy (non-hydrogen) atoms. The molecule has 2 N–H and O–H groups in total. The molecule has 116 valence electrons. The Labute approximate surface area is 121 Å². The highest BCUT2D eigenvalue weighted by atomic mass is 16.5. The molecule has 0 aromatic rings. The third kappa shape index (κ3) is 5.49. The third-order valence-electron chi connectivity index (χ3n) is 4.01. The summed E-state index contributed by atoms with van der Waals surface area (Å²) in [4.78, 5) is 23.3. The van der Waals surface area contributed by atoms with E-state index in [-0.39, 0.29) is 23.8 Å². The van der Waals surface area contributed by atoms with Crippen molar-refractivity contribution in [1.29, 1.82) is 0 Å². The van der Waals surface area contributed by atoms with Crippen molar-refractivity contribution in [1.82, 2.24) is 5.32 Å². The molecule has 1 aliphatic rings. The van der Waals surface area contributed by atoms with Gasteiger partial charge in [0.25, 0.3) is 0 Å². The number of hydrogen-bond acceptors (Lipinski definition) is 3. The first-order valence-electron chi connectivity index (χ1n) is 7.60. The number of rotatable bonds is 8. The van der Waals surface area contributed by atoms with Crippen molar-refractivity contribution < 1.29 is 19.4 Å². The van der Waals surface area contributed by atoms with Crippen LogP contribution >= 0.6 is 0 Å².